The average molecular weight is 397 g/mol. The molecule has 2 aromatic carbocycles. The molecule has 0 radical (unpaired) electrons. The van der Waals surface area contributed by atoms with Crippen LogP contribution in [-0.4, -0.2) is 11.1 Å². The first-order valence-corrected chi connectivity index (χ1v) is 8.66. The van der Waals surface area contributed by atoms with Gasteiger partial charge in [-0.05, 0) is 36.0 Å². The van der Waals surface area contributed by atoms with E-state index < -0.39 is 0 Å². The van der Waals surface area contributed by atoms with Gasteiger partial charge in [-0.2, -0.15) is 0 Å². The number of rotatable bonds is 4. The Hall–Kier alpha value is -2.02. The first-order chi connectivity index (χ1) is 11.9. The molecule has 1 aliphatic heterocycles. The highest BCUT2D eigenvalue weighted by molar-refractivity contribution is 8.18. The second kappa shape index (κ2) is 7.47. The molecule has 0 aromatic heterocycles. The van der Waals surface area contributed by atoms with E-state index in [0.29, 0.717) is 21.1 Å². The fourth-order valence-corrected chi connectivity index (χ4v) is 3.44. The zero-order valence-electron chi connectivity index (χ0n) is 12.6. The summed E-state index contributed by atoms with van der Waals surface area (Å²) in [6, 6.07) is 9.35. The number of ether oxygens (including phenoxy) is 1. The Morgan fingerprint density at radius 1 is 1.28 bits per heavy atom. The normalized spacial score (nSPS) is 15.6. The van der Waals surface area contributed by atoms with Crippen LogP contribution in [0, 0.1) is 11.2 Å². The molecular weight excluding hydrogens is 386 g/mol. The third-order valence-electron chi connectivity index (χ3n) is 3.32. The lowest BCUT2D eigenvalue weighted by Crippen LogP contribution is -2.18. The van der Waals surface area contributed by atoms with Gasteiger partial charge in [0, 0.05) is 16.1 Å². The molecule has 1 aliphatic rings. The van der Waals surface area contributed by atoms with Crippen molar-refractivity contribution >= 4 is 52.1 Å². The van der Waals surface area contributed by atoms with Crippen LogP contribution in [-0.2, 0) is 11.4 Å². The molecule has 0 unspecified atom stereocenters. The van der Waals surface area contributed by atoms with Crippen LogP contribution in [0.1, 0.15) is 11.1 Å². The van der Waals surface area contributed by atoms with Crippen molar-refractivity contribution in [1.29, 1.82) is 5.41 Å². The van der Waals surface area contributed by atoms with Crippen LogP contribution in [0.4, 0.5) is 4.39 Å². The van der Waals surface area contributed by atoms with Crippen LogP contribution in [0.5, 0.6) is 5.75 Å². The third kappa shape index (κ3) is 4.15. The number of carbonyl (C=O) groups is 1. The van der Waals surface area contributed by atoms with Crippen molar-refractivity contribution in [2.24, 2.45) is 0 Å². The van der Waals surface area contributed by atoms with Crippen molar-refractivity contribution < 1.29 is 13.9 Å². The highest BCUT2D eigenvalue weighted by atomic mass is 35.5. The Morgan fingerprint density at radius 3 is 2.72 bits per heavy atom. The fraction of sp³-hybridized carbons (Fsp3) is 0.0588. The minimum Gasteiger partial charge on any atom is -0.487 e. The molecule has 1 saturated heterocycles. The van der Waals surface area contributed by atoms with Crippen molar-refractivity contribution in [3.8, 4) is 5.75 Å². The third-order valence-corrected chi connectivity index (χ3v) is 4.64. The number of halogens is 3. The van der Waals surface area contributed by atoms with Gasteiger partial charge in [-0.1, -0.05) is 41.4 Å². The lowest BCUT2D eigenvalue weighted by Gasteiger charge is -2.12. The molecule has 25 heavy (non-hydrogen) atoms. The summed E-state index contributed by atoms with van der Waals surface area (Å²) in [6.45, 7) is -0.0284. The van der Waals surface area contributed by atoms with Crippen molar-refractivity contribution in [3.05, 3.63) is 68.3 Å². The molecule has 128 valence electrons. The van der Waals surface area contributed by atoms with Crippen LogP contribution in [0.15, 0.2) is 41.3 Å². The lowest BCUT2D eigenvalue weighted by atomic mass is 10.1. The molecule has 2 aromatic rings. The molecular formula is C17H11Cl2FN2O2S. The molecule has 1 fully saturated rings. The molecule has 4 nitrogen and oxygen atoms in total. The van der Waals surface area contributed by atoms with Crippen molar-refractivity contribution in [3.63, 3.8) is 0 Å². The Labute approximate surface area is 157 Å². The average Bonchev–Trinajstić information content (AvgIpc) is 2.85. The maximum Gasteiger partial charge on any atom is 0.264 e. The van der Waals surface area contributed by atoms with Gasteiger partial charge in [0.2, 0.25) is 0 Å². The van der Waals surface area contributed by atoms with Crippen molar-refractivity contribution in [2.45, 2.75) is 6.61 Å². The number of amides is 1. The molecule has 0 aliphatic carbocycles. The van der Waals surface area contributed by atoms with Gasteiger partial charge in [0.25, 0.3) is 5.91 Å². The van der Waals surface area contributed by atoms with Gasteiger partial charge in [-0.25, -0.2) is 4.39 Å². The van der Waals surface area contributed by atoms with E-state index in [9.17, 15) is 9.18 Å². The van der Waals surface area contributed by atoms with Crippen LogP contribution in [0.25, 0.3) is 6.08 Å². The largest absolute Gasteiger partial charge is 0.487 e. The van der Waals surface area contributed by atoms with Gasteiger partial charge < -0.3 is 10.1 Å². The summed E-state index contributed by atoms with van der Waals surface area (Å²) < 4.78 is 19.4. The summed E-state index contributed by atoms with van der Waals surface area (Å²) >= 11 is 13.2. The molecule has 0 saturated carbocycles. The molecule has 0 spiro atoms. The second-order valence-electron chi connectivity index (χ2n) is 5.08. The van der Waals surface area contributed by atoms with Crippen molar-refractivity contribution in [2.75, 3.05) is 0 Å². The zero-order valence-corrected chi connectivity index (χ0v) is 14.9. The van der Waals surface area contributed by atoms with Gasteiger partial charge in [0.15, 0.2) is 5.17 Å². The summed E-state index contributed by atoms with van der Waals surface area (Å²) in [6.07, 6.45) is 1.54. The predicted octanol–water partition coefficient (Wildman–Crippen LogP) is 4.85. The molecule has 8 heteroatoms. The maximum atomic E-state index is 13.8. The summed E-state index contributed by atoms with van der Waals surface area (Å²) in [5, 5.41) is 10.5. The number of amidine groups is 1. The topological polar surface area (TPSA) is 62.2 Å². The van der Waals surface area contributed by atoms with E-state index in [4.69, 9.17) is 33.3 Å². The van der Waals surface area contributed by atoms with E-state index in [-0.39, 0.29) is 34.3 Å². The smallest absolute Gasteiger partial charge is 0.264 e. The Kier molecular flexibility index (Phi) is 5.32. The van der Waals surface area contributed by atoms with Gasteiger partial charge in [-0.3, -0.25) is 10.2 Å². The molecule has 2 N–H and O–H groups in total. The first kappa shape index (κ1) is 17.8. The van der Waals surface area contributed by atoms with E-state index in [1.165, 1.54) is 18.2 Å². The molecule has 0 atom stereocenters. The molecule has 1 amide bonds. The van der Waals surface area contributed by atoms with Gasteiger partial charge in [0.1, 0.15) is 18.2 Å². The van der Waals surface area contributed by atoms with Gasteiger partial charge in [-0.15, -0.1) is 0 Å². The van der Waals surface area contributed by atoms with E-state index in [1.807, 2.05) is 0 Å². The number of thioether (sulfide) groups is 1. The summed E-state index contributed by atoms with van der Waals surface area (Å²) in [5.74, 6) is -0.480. The molecule has 1 heterocycles. The van der Waals surface area contributed by atoms with E-state index in [1.54, 1.807) is 24.3 Å². The number of hydrogen-bond donors (Lipinski definition) is 2. The van der Waals surface area contributed by atoms with Crippen molar-refractivity contribution in [1.82, 2.24) is 5.32 Å². The highest BCUT2D eigenvalue weighted by Crippen LogP contribution is 2.36. The predicted molar refractivity (Wildman–Crippen MR) is 98.6 cm³/mol. The summed E-state index contributed by atoms with van der Waals surface area (Å²) in [7, 11) is 0. The zero-order chi connectivity index (χ0) is 18.0. The molecule has 0 bridgehead atoms. The van der Waals surface area contributed by atoms with Crippen LogP contribution >= 0.6 is 35.0 Å². The fourth-order valence-electron chi connectivity index (χ4n) is 2.19. The van der Waals surface area contributed by atoms with E-state index in [0.717, 1.165) is 11.8 Å². The Morgan fingerprint density at radius 2 is 2.04 bits per heavy atom. The number of carbonyl (C=O) groups excluding carboxylic acids is 1. The van der Waals surface area contributed by atoms with Crippen LogP contribution in [0.2, 0.25) is 10.0 Å². The number of nitrogens with one attached hydrogen (secondary N) is 2. The summed E-state index contributed by atoms with van der Waals surface area (Å²) in [5.41, 5.74) is 0.850. The lowest BCUT2D eigenvalue weighted by molar-refractivity contribution is -0.115. The maximum absolute atomic E-state index is 13.8. The highest BCUT2D eigenvalue weighted by Gasteiger charge is 2.23. The molecule has 3 rings (SSSR count). The van der Waals surface area contributed by atoms with Gasteiger partial charge >= 0.3 is 0 Å². The standard InChI is InChI=1S/C17H11Cl2FN2O2S/c18-11-5-10(6-14-16(23)22-17(21)25-14)15(12(19)7-11)24-8-9-3-1-2-4-13(9)20/h1-7H,8H2,(H2,21,22,23)/b14-6-. The Balaban J connectivity index is 1.93. The number of hydrogen-bond acceptors (Lipinski definition) is 4. The van der Waals surface area contributed by atoms with Crippen LogP contribution < -0.4 is 10.1 Å². The Bertz CT molecular complexity index is 902. The summed E-state index contributed by atoms with van der Waals surface area (Å²) in [4.78, 5) is 12.1. The minimum atomic E-state index is -0.383. The van der Waals surface area contributed by atoms with Crippen LogP contribution in [0.3, 0.4) is 0 Å². The first-order valence-electron chi connectivity index (χ1n) is 7.09. The van der Waals surface area contributed by atoms with E-state index in [2.05, 4.69) is 5.32 Å². The van der Waals surface area contributed by atoms with Gasteiger partial charge in [0.05, 0.1) is 9.93 Å². The SMILES string of the molecule is N=C1NC(=O)/C(=C/c2cc(Cl)cc(Cl)c2OCc2ccccc2F)S1. The minimum absolute atomic E-state index is 0.0284. The second-order valence-corrected chi connectivity index (χ2v) is 6.98. The monoisotopic (exact) mass is 396 g/mol. The number of benzene rings is 2. The quantitative estimate of drug-likeness (QED) is 0.725. The van der Waals surface area contributed by atoms with E-state index >= 15 is 0 Å².